The smallest absolute Gasteiger partial charge is 0.237 e. The van der Waals surface area contributed by atoms with Crippen LogP contribution in [0.3, 0.4) is 0 Å². The molecule has 6 nitrogen and oxygen atoms in total. The lowest BCUT2D eigenvalue weighted by Crippen LogP contribution is -2.52. The molecule has 3 heterocycles. The van der Waals surface area contributed by atoms with Crippen molar-refractivity contribution in [3.05, 3.63) is 71.6 Å². The summed E-state index contributed by atoms with van der Waals surface area (Å²) in [6.07, 6.45) is 0.881. The van der Waals surface area contributed by atoms with Gasteiger partial charge in [-0.1, -0.05) is 43.0 Å². The number of anilines is 1. The molecule has 0 bridgehead atoms. The minimum atomic E-state index is -0.298. The molecule has 1 amide bonds. The van der Waals surface area contributed by atoms with E-state index in [1.807, 2.05) is 69.4 Å². The van der Waals surface area contributed by atoms with E-state index in [1.54, 1.807) is 18.4 Å². The van der Waals surface area contributed by atoms with Crippen molar-refractivity contribution in [2.75, 3.05) is 17.8 Å². The van der Waals surface area contributed by atoms with Gasteiger partial charge in [-0.2, -0.15) is 0 Å². The second kappa shape index (κ2) is 9.51. The molecule has 1 aliphatic rings. The van der Waals surface area contributed by atoms with Crippen LogP contribution in [-0.2, 0) is 4.79 Å². The first-order valence-electron chi connectivity index (χ1n) is 11.6. The Labute approximate surface area is 214 Å². The van der Waals surface area contributed by atoms with E-state index in [1.165, 1.54) is 11.8 Å². The molecule has 0 N–H and O–H groups in total. The van der Waals surface area contributed by atoms with Gasteiger partial charge in [-0.05, 0) is 73.5 Å². The van der Waals surface area contributed by atoms with Gasteiger partial charge in [0.2, 0.25) is 5.91 Å². The Morgan fingerprint density at radius 1 is 1.14 bits per heavy atom. The molecule has 0 fully saturated rings. The highest BCUT2D eigenvalue weighted by Gasteiger charge is 2.40. The second-order valence-electron chi connectivity index (χ2n) is 9.31. The Kier molecular flexibility index (Phi) is 6.42. The maximum Gasteiger partial charge on any atom is 0.237 e. The number of para-hydroxylation sites is 1. The van der Waals surface area contributed by atoms with Gasteiger partial charge in [0.25, 0.3) is 0 Å². The quantitative estimate of drug-likeness (QED) is 0.284. The monoisotopic (exact) mass is 504 g/mol. The van der Waals surface area contributed by atoms with E-state index < -0.39 is 0 Å². The van der Waals surface area contributed by atoms with Crippen molar-refractivity contribution in [2.24, 2.45) is 0 Å². The van der Waals surface area contributed by atoms with Crippen LogP contribution >= 0.6 is 23.1 Å². The molecular weight excluding hydrogens is 476 g/mol. The molecular formula is C27H28N4O2S2. The van der Waals surface area contributed by atoms with E-state index in [4.69, 9.17) is 4.74 Å². The molecule has 35 heavy (non-hydrogen) atoms. The third-order valence-corrected chi connectivity index (χ3v) is 8.16. The number of carbonyl (C=O) groups excluding carboxylic acids is 1. The number of thiophene rings is 1. The fraction of sp³-hybridized carbons (Fsp3) is 0.296. The highest BCUT2D eigenvalue weighted by Crippen LogP contribution is 2.45. The molecule has 8 heteroatoms. The van der Waals surface area contributed by atoms with Crippen molar-refractivity contribution < 1.29 is 9.53 Å². The molecule has 0 spiro atoms. The average molecular weight is 505 g/mol. The fourth-order valence-electron chi connectivity index (χ4n) is 4.94. The van der Waals surface area contributed by atoms with Gasteiger partial charge in [0.05, 0.1) is 17.7 Å². The zero-order valence-electron chi connectivity index (χ0n) is 20.3. The van der Waals surface area contributed by atoms with Crippen molar-refractivity contribution in [2.45, 2.75) is 43.8 Å². The first-order valence-corrected chi connectivity index (χ1v) is 13.4. The van der Waals surface area contributed by atoms with Crippen LogP contribution in [0.5, 0.6) is 5.75 Å². The maximum atomic E-state index is 13.7. The largest absolute Gasteiger partial charge is 0.497 e. The molecule has 0 saturated carbocycles. The number of hydrogen-bond donors (Lipinski definition) is 0. The normalized spacial score (nSPS) is 16.7. The van der Waals surface area contributed by atoms with Crippen molar-refractivity contribution in [1.82, 2.24) is 14.8 Å². The Bertz CT molecular complexity index is 1330. The lowest BCUT2D eigenvalue weighted by molar-refractivity contribution is -0.117. The Morgan fingerprint density at radius 2 is 1.94 bits per heavy atom. The summed E-state index contributed by atoms with van der Waals surface area (Å²) in [5, 5.41) is 11.7. The number of carbonyl (C=O) groups is 1. The number of benzene rings is 2. The summed E-state index contributed by atoms with van der Waals surface area (Å²) >= 11 is 3.05. The van der Waals surface area contributed by atoms with Gasteiger partial charge in [0.1, 0.15) is 5.75 Å². The van der Waals surface area contributed by atoms with Crippen LogP contribution in [0, 0.1) is 0 Å². The van der Waals surface area contributed by atoms with Crippen LogP contribution in [0.15, 0.2) is 71.2 Å². The summed E-state index contributed by atoms with van der Waals surface area (Å²) in [6.45, 7) is 6.49. The van der Waals surface area contributed by atoms with E-state index in [2.05, 4.69) is 37.0 Å². The Balaban J connectivity index is 1.46. The standard InChI is InChI=1S/C27H28N4O2S2/c1-18-16-27(2,3)31(22-13-12-20(33-4)15-21(18)22)24(32)17-35-26-29-28-25(23-11-8-14-34-23)30(26)19-9-6-5-7-10-19/h5-15,18H,16-17H2,1-4H3. The van der Waals surface area contributed by atoms with Gasteiger partial charge in [0, 0.05) is 16.9 Å². The predicted molar refractivity (Wildman–Crippen MR) is 143 cm³/mol. The van der Waals surface area contributed by atoms with Gasteiger partial charge in [-0.15, -0.1) is 21.5 Å². The first kappa shape index (κ1) is 23.6. The minimum absolute atomic E-state index is 0.0543. The topological polar surface area (TPSA) is 60.2 Å². The average Bonchev–Trinajstić information content (AvgIpc) is 3.52. The van der Waals surface area contributed by atoms with Gasteiger partial charge in [-0.25, -0.2) is 0 Å². The number of hydrogen-bond acceptors (Lipinski definition) is 6. The van der Waals surface area contributed by atoms with Crippen LogP contribution in [-0.4, -0.2) is 39.1 Å². The molecule has 5 rings (SSSR count). The van der Waals surface area contributed by atoms with Gasteiger partial charge in [-0.3, -0.25) is 9.36 Å². The summed E-state index contributed by atoms with van der Waals surface area (Å²) in [4.78, 5) is 16.7. The molecule has 2 aromatic carbocycles. The number of ether oxygens (including phenoxy) is 1. The fourth-order valence-corrected chi connectivity index (χ4v) is 6.44. The number of methoxy groups -OCH3 is 1. The first-order chi connectivity index (χ1) is 16.9. The van der Waals surface area contributed by atoms with Crippen molar-refractivity contribution in [3.8, 4) is 22.1 Å². The molecule has 4 aromatic rings. The highest BCUT2D eigenvalue weighted by molar-refractivity contribution is 7.99. The SMILES string of the molecule is COc1ccc2c(c1)C(C)CC(C)(C)N2C(=O)CSc1nnc(-c2cccs2)n1-c1ccccc1. The molecule has 2 aromatic heterocycles. The predicted octanol–water partition coefficient (Wildman–Crippen LogP) is 6.42. The Hall–Kier alpha value is -3.10. The molecule has 0 saturated heterocycles. The molecule has 0 aliphatic carbocycles. The lowest BCUT2D eigenvalue weighted by atomic mass is 9.80. The van der Waals surface area contributed by atoms with Crippen LogP contribution in [0.1, 0.15) is 38.7 Å². The number of aromatic nitrogens is 3. The van der Waals surface area contributed by atoms with Crippen molar-refractivity contribution >= 4 is 34.7 Å². The highest BCUT2D eigenvalue weighted by atomic mass is 32.2. The number of fused-ring (bicyclic) bond motifs is 1. The second-order valence-corrected chi connectivity index (χ2v) is 11.2. The maximum absolute atomic E-state index is 13.7. The summed E-state index contributed by atoms with van der Waals surface area (Å²) < 4.78 is 7.48. The zero-order valence-corrected chi connectivity index (χ0v) is 21.9. The minimum Gasteiger partial charge on any atom is -0.497 e. The van der Waals surface area contributed by atoms with Crippen LogP contribution in [0.25, 0.3) is 16.4 Å². The van der Waals surface area contributed by atoms with Gasteiger partial charge < -0.3 is 9.64 Å². The molecule has 0 radical (unpaired) electrons. The lowest BCUT2D eigenvalue weighted by Gasteiger charge is -2.46. The van der Waals surface area contributed by atoms with E-state index in [0.717, 1.165) is 39.8 Å². The number of thioether (sulfide) groups is 1. The third-order valence-electron chi connectivity index (χ3n) is 6.38. The zero-order chi connectivity index (χ0) is 24.6. The number of amides is 1. The third kappa shape index (κ3) is 4.48. The number of nitrogens with zero attached hydrogens (tertiary/aromatic N) is 4. The molecule has 180 valence electrons. The summed E-state index contributed by atoms with van der Waals surface area (Å²) in [5.74, 6) is 2.25. The van der Waals surface area contributed by atoms with E-state index >= 15 is 0 Å². The number of rotatable bonds is 6. The Morgan fingerprint density at radius 3 is 2.66 bits per heavy atom. The van der Waals surface area contributed by atoms with Gasteiger partial charge in [0.15, 0.2) is 11.0 Å². The molecule has 1 unspecified atom stereocenters. The van der Waals surface area contributed by atoms with Gasteiger partial charge >= 0.3 is 0 Å². The molecule has 1 aliphatic heterocycles. The van der Waals surface area contributed by atoms with Crippen LogP contribution < -0.4 is 9.64 Å². The van der Waals surface area contributed by atoms with E-state index in [-0.39, 0.29) is 17.2 Å². The summed E-state index contributed by atoms with van der Waals surface area (Å²) in [7, 11) is 1.67. The van der Waals surface area contributed by atoms with E-state index in [0.29, 0.717) is 11.1 Å². The summed E-state index contributed by atoms with van der Waals surface area (Å²) in [6, 6.07) is 20.1. The van der Waals surface area contributed by atoms with E-state index in [9.17, 15) is 4.79 Å². The van der Waals surface area contributed by atoms with Crippen LogP contribution in [0.4, 0.5) is 5.69 Å². The van der Waals surface area contributed by atoms with Crippen molar-refractivity contribution in [3.63, 3.8) is 0 Å². The van der Waals surface area contributed by atoms with Crippen LogP contribution in [0.2, 0.25) is 0 Å². The van der Waals surface area contributed by atoms with Crippen molar-refractivity contribution in [1.29, 1.82) is 0 Å². The molecule has 1 atom stereocenters. The summed E-state index contributed by atoms with van der Waals surface area (Å²) in [5.41, 5.74) is 2.78.